The van der Waals surface area contributed by atoms with Gasteiger partial charge >= 0.3 is 0 Å². The summed E-state index contributed by atoms with van der Waals surface area (Å²) in [6, 6.07) is 10.6. The van der Waals surface area contributed by atoms with E-state index in [0.29, 0.717) is 5.91 Å². The fourth-order valence-corrected chi connectivity index (χ4v) is 3.52. The van der Waals surface area contributed by atoms with Crippen LogP contribution in [0.15, 0.2) is 30.3 Å². The van der Waals surface area contributed by atoms with Crippen molar-refractivity contribution < 1.29 is 4.79 Å². The Morgan fingerprint density at radius 2 is 1.76 bits per heavy atom. The minimum absolute atomic E-state index is 0.0227. The summed E-state index contributed by atoms with van der Waals surface area (Å²) >= 11 is 0. The number of carbonyl (C=O) groups is 1. The number of fused-ring (bicyclic) bond motifs is 1. The second kappa shape index (κ2) is 4.17. The summed E-state index contributed by atoms with van der Waals surface area (Å²) in [7, 11) is 0. The van der Waals surface area contributed by atoms with Gasteiger partial charge in [0.15, 0.2) is 0 Å². The first kappa shape index (κ1) is 10.8. The molecule has 2 aliphatic heterocycles. The summed E-state index contributed by atoms with van der Waals surface area (Å²) in [5.41, 5.74) is 1.36. The lowest BCUT2D eigenvalue weighted by Gasteiger charge is -2.38. The summed E-state index contributed by atoms with van der Waals surface area (Å²) < 4.78 is 0. The molecule has 1 atom stereocenters. The number of hydrogen-bond donors (Lipinski definition) is 0. The highest BCUT2D eigenvalue weighted by atomic mass is 16.2. The van der Waals surface area contributed by atoms with Crippen molar-refractivity contribution in [2.24, 2.45) is 0 Å². The Morgan fingerprint density at radius 1 is 1.00 bits per heavy atom. The van der Waals surface area contributed by atoms with Crippen LogP contribution >= 0.6 is 0 Å². The molecule has 0 saturated carbocycles. The first-order valence-corrected chi connectivity index (χ1v) is 6.69. The van der Waals surface area contributed by atoms with Gasteiger partial charge in [0.1, 0.15) is 0 Å². The highest BCUT2D eigenvalue weighted by molar-refractivity contribution is 5.78. The van der Waals surface area contributed by atoms with Crippen LogP contribution < -0.4 is 0 Å². The quantitative estimate of drug-likeness (QED) is 0.724. The molecule has 0 bridgehead atoms. The number of carbonyl (C=O) groups excluding carboxylic acids is 1. The van der Waals surface area contributed by atoms with Crippen LogP contribution in [0.5, 0.6) is 0 Å². The standard InChI is InChI=1S/C15H19NO/c17-14-9-4-5-10-15(11-6-12-16(14)15)13-7-2-1-3-8-13/h1-3,7-8H,4-6,9-12H2/t15-/m0/s1. The molecule has 0 radical (unpaired) electrons. The van der Waals surface area contributed by atoms with Crippen molar-refractivity contribution in [3.63, 3.8) is 0 Å². The Morgan fingerprint density at radius 3 is 2.59 bits per heavy atom. The van der Waals surface area contributed by atoms with Crippen LogP contribution in [0, 0.1) is 0 Å². The molecule has 0 aliphatic carbocycles. The molecule has 2 saturated heterocycles. The molecule has 3 rings (SSSR count). The van der Waals surface area contributed by atoms with Gasteiger partial charge in [-0.25, -0.2) is 0 Å². The van der Waals surface area contributed by atoms with Crippen LogP contribution in [-0.2, 0) is 10.3 Å². The third-order valence-electron chi connectivity index (χ3n) is 4.33. The van der Waals surface area contributed by atoms with Gasteiger partial charge in [-0.1, -0.05) is 36.8 Å². The molecule has 2 nitrogen and oxygen atoms in total. The summed E-state index contributed by atoms with van der Waals surface area (Å²) in [6.07, 6.45) is 6.42. The average molecular weight is 229 g/mol. The number of rotatable bonds is 1. The van der Waals surface area contributed by atoms with E-state index in [9.17, 15) is 4.79 Å². The van der Waals surface area contributed by atoms with Crippen LogP contribution in [-0.4, -0.2) is 17.4 Å². The monoisotopic (exact) mass is 229 g/mol. The number of hydrogen-bond acceptors (Lipinski definition) is 1. The van der Waals surface area contributed by atoms with Gasteiger partial charge in [0.2, 0.25) is 5.91 Å². The average Bonchev–Trinajstić information content (AvgIpc) is 2.74. The Balaban J connectivity index is 2.05. The van der Waals surface area contributed by atoms with Gasteiger partial charge in [-0.15, -0.1) is 0 Å². The van der Waals surface area contributed by atoms with Crippen molar-refractivity contribution in [3.05, 3.63) is 35.9 Å². The molecule has 90 valence electrons. The fourth-order valence-electron chi connectivity index (χ4n) is 3.52. The lowest BCUT2D eigenvalue weighted by atomic mass is 9.83. The fraction of sp³-hybridized carbons (Fsp3) is 0.533. The minimum atomic E-state index is 0.0227. The molecule has 0 spiro atoms. The SMILES string of the molecule is O=C1CCCC[C@@]2(c3ccccc3)CCCN12. The first-order chi connectivity index (χ1) is 8.33. The molecule has 2 heteroatoms. The van der Waals surface area contributed by atoms with Crippen molar-refractivity contribution in [1.29, 1.82) is 0 Å². The van der Waals surface area contributed by atoms with Crippen molar-refractivity contribution >= 4 is 5.91 Å². The second-order valence-electron chi connectivity index (χ2n) is 5.25. The summed E-state index contributed by atoms with van der Waals surface area (Å²) in [5, 5.41) is 0. The Kier molecular flexibility index (Phi) is 2.65. The zero-order valence-corrected chi connectivity index (χ0v) is 10.2. The lowest BCUT2D eigenvalue weighted by Crippen LogP contribution is -2.43. The topological polar surface area (TPSA) is 20.3 Å². The van der Waals surface area contributed by atoms with Crippen LogP contribution in [0.3, 0.4) is 0 Å². The minimum Gasteiger partial charge on any atom is -0.333 e. The van der Waals surface area contributed by atoms with Gasteiger partial charge in [-0.05, 0) is 31.2 Å². The van der Waals surface area contributed by atoms with E-state index in [1.54, 1.807) is 0 Å². The molecule has 2 aliphatic rings. The zero-order valence-electron chi connectivity index (χ0n) is 10.2. The van der Waals surface area contributed by atoms with E-state index in [2.05, 4.69) is 35.2 Å². The van der Waals surface area contributed by atoms with Gasteiger partial charge < -0.3 is 4.90 Å². The highest BCUT2D eigenvalue weighted by Gasteiger charge is 2.45. The number of amides is 1. The molecule has 17 heavy (non-hydrogen) atoms. The molecule has 0 aromatic heterocycles. The Hall–Kier alpha value is -1.31. The maximum Gasteiger partial charge on any atom is 0.223 e. The predicted octanol–water partition coefficient (Wildman–Crippen LogP) is 3.08. The van der Waals surface area contributed by atoms with Crippen molar-refractivity contribution in [2.45, 2.75) is 44.1 Å². The highest BCUT2D eigenvalue weighted by Crippen LogP contribution is 2.44. The van der Waals surface area contributed by atoms with Crippen molar-refractivity contribution in [1.82, 2.24) is 4.90 Å². The summed E-state index contributed by atoms with van der Waals surface area (Å²) in [5.74, 6) is 0.365. The molecule has 1 amide bonds. The normalized spacial score (nSPS) is 28.9. The Bertz CT molecular complexity index is 414. The lowest BCUT2D eigenvalue weighted by molar-refractivity contribution is -0.134. The van der Waals surface area contributed by atoms with Gasteiger partial charge in [0.25, 0.3) is 0 Å². The largest absolute Gasteiger partial charge is 0.333 e. The van der Waals surface area contributed by atoms with Gasteiger partial charge in [-0.3, -0.25) is 4.79 Å². The number of benzene rings is 1. The third kappa shape index (κ3) is 1.67. The second-order valence-corrected chi connectivity index (χ2v) is 5.25. The van der Waals surface area contributed by atoms with Crippen LogP contribution in [0.4, 0.5) is 0 Å². The zero-order chi connectivity index (χ0) is 11.7. The molecule has 0 N–H and O–H groups in total. The molecule has 2 heterocycles. The predicted molar refractivity (Wildman–Crippen MR) is 67.5 cm³/mol. The van der Waals surface area contributed by atoms with E-state index >= 15 is 0 Å². The van der Waals surface area contributed by atoms with E-state index in [1.807, 2.05) is 0 Å². The Labute approximate surface area is 103 Å². The van der Waals surface area contributed by atoms with E-state index in [0.717, 1.165) is 38.6 Å². The van der Waals surface area contributed by atoms with E-state index in [-0.39, 0.29) is 5.54 Å². The van der Waals surface area contributed by atoms with Gasteiger partial charge in [0.05, 0.1) is 5.54 Å². The first-order valence-electron chi connectivity index (χ1n) is 6.69. The maximum absolute atomic E-state index is 12.2. The molecular weight excluding hydrogens is 210 g/mol. The molecule has 0 unspecified atom stereocenters. The van der Waals surface area contributed by atoms with Crippen LogP contribution in [0.1, 0.15) is 44.1 Å². The number of nitrogens with zero attached hydrogens (tertiary/aromatic N) is 1. The van der Waals surface area contributed by atoms with E-state index < -0.39 is 0 Å². The van der Waals surface area contributed by atoms with Crippen LogP contribution in [0.2, 0.25) is 0 Å². The molecule has 1 aromatic rings. The van der Waals surface area contributed by atoms with Crippen molar-refractivity contribution in [3.8, 4) is 0 Å². The van der Waals surface area contributed by atoms with E-state index in [4.69, 9.17) is 0 Å². The molecule has 2 fully saturated rings. The summed E-state index contributed by atoms with van der Waals surface area (Å²) in [6.45, 7) is 0.952. The smallest absolute Gasteiger partial charge is 0.223 e. The summed E-state index contributed by atoms with van der Waals surface area (Å²) in [4.78, 5) is 14.4. The molecule has 1 aromatic carbocycles. The van der Waals surface area contributed by atoms with E-state index in [1.165, 1.54) is 12.0 Å². The van der Waals surface area contributed by atoms with Crippen molar-refractivity contribution in [2.75, 3.05) is 6.54 Å². The van der Waals surface area contributed by atoms with Gasteiger partial charge in [-0.2, -0.15) is 0 Å². The van der Waals surface area contributed by atoms with Gasteiger partial charge in [0, 0.05) is 13.0 Å². The third-order valence-corrected chi connectivity index (χ3v) is 4.33. The van der Waals surface area contributed by atoms with Crippen LogP contribution in [0.25, 0.3) is 0 Å². The molecular formula is C15H19NO. The maximum atomic E-state index is 12.2.